The first-order valence-corrected chi connectivity index (χ1v) is 6.08. The summed E-state index contributed by atoms with van der Waals surface area (Å²) in [6.45, 7) is 0.929. The number of rotatable bonds is 9. The molecule has 0 fully saturated rings. The normalized spacial score (nSPS) is 12.3. The van der Waals surface area contributed by atoms with Crippen LogP contribution < -0.4 is 11.2 Å². The van der Waals surface area contributed by atoms with E-state index < -0.39 is 12.0 Å². The van der Waals surface area contributed by atoms with Crippen LogP contribution in [0.3, 0.4) is 0 Å². The highest BCUT2D eigenvalue weighted by atomic mass is 16.6. The van der Waals surface area contributed by atoms with Crippen LogP contribution in [-0.4, -0.2) is 23.7 Å². The molecule has 1 atom stereocenters. The number of aliphatic carboxylic acids is 1. The second kappa shape index (κ2) is 8.63. The Balaban J connectivity index is 2.27. The van der Waals surface area contributed by atoms with E-state index in [0.29, 0.717) is 19.6 Å². The number of carboxylic acids is 1. The molecule has 1 aromatic rings. The molecule has 0 amide bonds. The van der Waals surface area contributed by atoms with Crippen LogP contribution in [0.5, 0.6) is 0 Å². The summed E-state index contributed by atoms with van der Waals surface area (Å²) in [6, 6.07) is 8.91. The molecular weight excluding hydrogens is 232 g/mol. The van der Waals surface area contributed by atoms with Gasteiger partial charge in [-0.05, 0) is 31.4 Å². The fraction of sp³-hybridized carbons (Fsp3) is 0.462. The van der Waals surface area contributed by atoms with Crippen LogP contribution in [0, 0.1) is 0 Å². The Morgan fingerprint density at radius 3 is 2.67 bits per heavy atom. The average Bonchev–Trinajstić information content (AvgIpc) is 2.38. The summed E-state index contributed by atoms with van der Waals surface area (Å²) in [4.78, 5) is 16.2. The molecule has 0 heterocycles. The Bertz CT molecular complexity index is 343. The van der Waals surface area contributed by atoms with Crippen molar-refractivity contribution in [3.63, 3.8) is 0 Å². The molecule has 1 aromatic carbocycles. The Hall–Kier alpha value is -1.43. The molecule has 100 valence electrons. The minimum atomic E-state index is -0.903. The van der Waals surface area contributed by atoms with Gasteiger partial charge in [0.1, 0.15) is 6.04 Å². The van der Waals surface area contributed by atoms with Crippen molar-refractivity contribution in [2.45, 2.75) is 31.9 Å². The summed E-state index contributed by atoms with van der Waals surface area (Å²) in [7, 11) is 0. The maximum Gasteiger partial charge on any atom is 0.323 e. The van der Waals surface area contributed by atoms with Crippen molar-refractivity contribution >= 4 is 5.97 Å². The monoisotopic (exact) mass is 252 g/mol. The van der Waals surface area contributed by atoms with Gasteiger partial charge in [-0.25, -0.2) is 0 Å². The molecule has 18 heavy (non-hydrogen) atoms. The standard InChI is InChI=1S/C13H20N2O3/c14-9-5-4-8-12(13(16)17)15-18-10-11-6-2-1-3-7-11/h1-3,6-7,12,15H,4-5,8-10,14H2,(H,16,17)/t12-/m0/s1. The highest BCUT2D eigenvalue weighted by Gasteiger charge is 2.16. The molecule has 0 aliphatic carbocycles. The fourth-order valence-corrected chi connectivity index (χ4v) is 1.53. The maximum absolute atomic E-state index is 11.0. The van der Waals surface area contributed by atoms with Crippen LogP contribution in [0.15, 0.2) is 30.3 Å². The molecule has 4 N–H and O–H groups in total. The number of benzene rings is 1. The van der Waals surface area contributed by atoms with Gasteiger partial charge in [-0.15, -0.1) is 0 Å². The van der Waals surface area contributed by atoms with Crippen molar-refractivity contribution < 1.29 is 14.7 Å². The van der Waals surface area contributed by atoms with Crippen LogP contribution in [0.1, 0.15) is 24.8 Å². The fourth-order valence-electron chi connectivity index (χ4n) is 1.53. The Morgan fingerprint density at radius 1 is 1.33 bits per heavy atom. The quantitative estimate of drug-likeness (QED) is 0.455. The topological polar surface area (TPSA) is 84.6 Å². The van der Waals surface area contributed by atoms with Gasteiger partial charge in [0.05, 0.1) is 6.61 Å². The number of nitrogens with one attached hydrogen (secondary N) is 1. The van der Waals surface area contributed by atoms with E-state index in [0.717, 1.165) is 18.4 Å². The lowest BCUT2D eigenvalue weighted by atomic mass is 10.1. The van der Waals surface area contributed by atoms with E-state index in [9.17, 15) is 4.79 Å². The first-order chi connectivity index (χ1) is 8.74. The molecule has 5 heteroatoms. The van der Waals surface area contributed by atoms with Gasteiger partial charge in [0.15, 0.2) is 0 Å². The average molecular weight is 252 g/mol. The van der Waals surface area contributed by atoms with E-state index in [1.165, 1.54) is 0 Å². The second-order valence-corrected chi connectivity index (χ2v) is 4.07. The maximum atomic E-state index is 11.0. The lowest BCUT2D eigenvalue weighted by molar-refractivity contribution is -0.145. The van der Waals surface area contributed by atoms with Crippen molar-refractivity contribution in [1.29, 1.82) is 0 Å². The van der Waals surface area contributed by atoms with Crippen LogP contribution in [0.25, 0.3) is 0 Å². The van der Waals surface area contributed by atoms with Gasteiger partial charge in [-0.2, -0.15) is 5.48 Å². The summed E-state index contributed by atoms with van der Waals surface area (Å²) in [5, 5.41) is 9.00. The summed E-state index contributed by atoms with van der Waals surface area (Å²) in [5.74, 6) is -0.903. The van der Waals surface area contributed by atoms with Gasteiger partial charge in [0, 0.05) is 0 Å². The van der Waals surface area contributed by atoms with Gasteiger partial charge >= 0.3 is 5.97 Å². The zero-order valence-electron chi connectivity index (χ0n) is 10.3. The number of hydrogen-bond donors (Lipinski definition) is 3. The van der Waals surface area contributed by atoms with E-state index in [2.05, 4.69) is 5.48 Å². The molecule has 0 bridgehead atoms. The van der Waals surface area contributed by atoms with Crippen molar-refractivity contribution in [2.24, 2.45) is 5.73 Å². The molecular formula is C13H20N2O3. The minimum absolute atomic E-state index is 0.349. The lowest BCUT2D eigenvalue weighted by Crippen LogP contribution is -2.36. The van der Waals surface area contributed by atoms with Gasteiger partial charge in [0.25, 0.3) is 0 Å². The van der Waals surface area contributed by atoms with E-state index >= 15 is 0 Å². The number of nitrogens with two attached hydrogens (primary N) is 1. The molecule has 0 radical (unpaired) electrons. The van der Waals surface area contributed by atoms with E-state index in [1.807, 2.05) is 30.3 Å². The van der Waals surface area contributed by atoms with Gasteiger partial charge in [-0.1, -0.05) is 30.3 Å². The zero-order valence-corrected chi connectivity index (χ0v) is 10.3. The van der Waals surface area contributed by atoms with Gasteiger partial charge in [0.2, 0.25) is 0 Å². The summed E-state index contributed by atoms with van der Waals surface area (Å²) >= 11 is 0. The third kappa shape index (κ3) is 5.77. The highest BCUT2D eigenvalue weighted by molar-refractivity contribution is 5.73. The molecule has 0 spiro atoms. The number of hydrogen-bond acceptors (Lipinski definition) is 4. The predicted octanol–water partition coefficient (Wildman–Crippen LogP) is 1.29. The van der Waals surface area contributed by atoms with Crippen molar-refractivity contribution in [3.05, 3.63) is 35.9 Å². The summed E-state index contributed by atoms with van der Waals surface area (Å²) < 4.78 is 0. The molecule has 0 aromatic heterocycles. The van der Waals surface area contributed by atoms with Crippen molar-refractivity contribution in [1.82, 2.24) is 5.48 Å². The second-order valence-electron chi connectivity index (χ2n) is 4.07. The summed E-state index contributed by atoms with van der Waals surface area (Å²) in [6.07, 6.45) is 2.11. The first-order valence-electron chi connectivity index (χ1n) is 6.08. The largest absolute Gasteiger partial charge is 0.480 e. The highest BCUT2D eigenvalue weighted by Crippen LogP contribution is 2.03. The first kappa shape index (κ1) is 14.6. The molecule has 0 saturated carbocycles. The molecule has 0 aliphatic rings. The van der Waals surface area contributed by atoms with E-state index in [4.69, 9.17) is 15.7 Å². The van der Waals surface area contributed by atoms with Crippen LogP contribution in [0.2, 0.25) is 0 Å². The third-order valence-corrected chi connectivity index (χ3v) is 2.55. The van der Waals surface area contributed by atoms with Gasteiger partial charge < -0.3 is 10.8 Å². The summed E-state index contributed by atoms with van der Waals surface area (Å²) in [5.41, 5.74) is 8.95. The number of carboxylic acid groups (broad SMARTS) is 1. The number of carbonyl (C=O) groups is 1. The van der Waals surface area contributed by atoms with Crippen molar-refractivity contribution in [3.8, 4) is 0 Å². The van der Waals surface area contributed by atoms with E-state index in [1.54, 1.807) is 0 Å². The Kier molecular flexibility index (Phi) is 7.01. The van der Waals surface area contributed by atoms with Gasteiger partial charge in [-0.3, -0.25) is 9.63 Å². The van der Waals surface area contributed by atoms with Crippen molar-refractivity contribution in [2.75, 3.05) is 6.54 Å². The SMILES string of the molecule is NCCCC[C@H](NOCc1ccccc1)C(=O)O. The molecule has 0 unspecified atom stereocenters. The van der Waals surface area contributed by atoms with Crippen LogP contribution in [-0.2, 0) is 16.2 Å². The minimum Gasteiger partial charge on any atom is -0.480 e. The number of hydroxylamine groups is 1. The Labute approximate surface area is 107 Å². The Morgan fingerprint density at radius 2 is 2.06 bits per heavy atom. The predicted molar refractivity (Wildman–Crippen MR) is 68.7 cm³/mol. The molecule has 0 aliphatic heterocycles. The molecule has 5 nitrogen and oxygen atoms in total. The number of unbranched alkanes of at least 4 members (excludes halogenated alkanes) is 1. The van der Waals surface area contributed by atoms with Crippen LogP contribution >= 0.6 is 0 Å². The third-order valence-electron chi connectivity index (χ3n) is 2.55. The lowest BCUT2D eigenvalue weighted by Gasteiger charge is -2.14. The smallest absolute Gasteiger partial charge is 0.323 e. The van der Waals surface area contributed by atoms with Crippen LogP contribution in [0.4, 0.5) is 0 Å². The molecule has 0 saturated heterocycles. The van der Waals surface area contributed by atoms with E-state index in [-0.39, 0.29) is 0 Å². The zero-order chi connectivity index (χ0) is 13.2. The molecule has 1 rings (SSSR count).